The number of carbonyl (C=O) groups is 3. The van der Waals surface area contributed by atoms with Crippen molar-refractivity contribution in [1.29, 1.82) is 0 Å². The zero-order chi connectivity index (χ0) is 15.8. The van der Waals surface area contributed by atoms with Gasteiger partial charge < -0.3 is 14.7 Å². The van der Waals surface area contributed by atoms with Crippen molar-refractivity contribution in [2.75, 3.05) is 18.6 Å². The molecule has 0 bridgehead atoms. The number of benzene rings is 1. The molecule has 6 heteroatoms. The molecule has 6 nitrogen and oxygen atoms in total. The fraction of sp³-hybridized carbons (Fsp3) is 0.400. The predicted octanol–water partition coefficient (Wildman–Crippen LogP) is 2.08. The minimum Gasteiger partial charge on any atom is -0.481 e. The van der Waals surface area contributed by atoms with Gasteiger partial charge in [0.2, 0.25) is 5.91 Å². The molecule has 0 atom stereocenters. The zero-order valence-corrected chi connectivity index (χ0v) is 12.2. The topological polar surface area (TPSA) is 83.9 Å². The first-order valence-corrected chi connectivity index (χ1v) is 6.70. The van der Waals surface area contributed by atoms with E-state index in [-0.39, 0.29) is 18.9 Å². The van der Waals surface area contributed by atoms with E-state index < -0.39 is 11.9 Å². The molecule has 0 saturated carbocycles. The summed E-state index contributed by atoms with van der Waals surface area (Å²) in [4.78, 5) is 35.8. The number of aliphatic carboxylic acids is 1. The molecule has 0 aliphatic rings. The van der Waals surface area contributed by atoms with E-state index in [1.165, 1.54) is 18.1 Å². The Bertz CT molecular complexity index is 527. The lowest BCUT2D eigenvalue weighted by Gasteiger charge is -2.22. The van der Waals surface area contributed by atoms with Crippen molar-refractivity contribution in [3.8, 4) is 0 Å². The van der Waals surface area contributed by atoms with E-state index >= 15 is 0 Å². The van der Waals surface area contributed by atoms with Gasteiger partial charge in [-0.2, -0.15) is 0 Å². The molecule has 0 radical (unpaired) electrons. The van der Waals surface area contributed by atoms with Crippen LogP contribution in [0.2, 0.25) is 0 Å². The number of rotatable bonds is 7. The quantitative estimate of drug-likeness (QED) is 0.778. The van der Waals surface area contributed by atoms with Crippen LogP contribution in [0.25, 0.3) is 0 Å². The Morgan fingerprint density at radius 3 is 2.52 bits per heavy atom. The largest absolute Gasteiger partial charge is 0.481 e. The molecule has 1 aromatic rings. The highest BCUT2D eigenvalue weighted by atomic mass is 16.5. The predicted molar refractivity (Wildman–Crippen MR) is 77.3 cm³/mol. The van der Waals surface area contributed by atoms with E-state index in [9.17, 15) is 14.4 Å². The van der Waals surface area contributed by atoms with Gasteiger partial charge in [-0.25, -0.2) is 4.79 Å². The van der Waals surface area contributed by atoms with E-state index in [0.29, 0.717) is 24.1 Å². The smallest absolute Gasteiger partial charge is 0.337 e. The van der Waals surface area contributed by atoms with Gasteiger partial charge in [-0.15, -0.1) is 0 Å². The van der Waals surface area contributed by atoms with E-state index in [1.807, 2.05) is 6.92 Å². The second kappa shape index (κ2) is 8.04. The summed E-state index contributed by atoms with van der Waals surface area (Å²) in [5.41, 5.74) is 0.817. The number of methoxy groups -OCH3 is 1. The Morgan fingerprint density at radius 2 is 1.95 bits per heavy atom. The number of nitrogens with zero attached hydrogens (tertiary/aromatic N) is 1. The van der Waals surface area contributed by atoms with Crippen molar-refractivity contribution >= 4 is 23.5 Å². The Morgan fingerprint density at radius 1 is 1.24 bits per heavy atom. The average molecular weight is 293 g/mol. The monoisotopic (exact) mass is 293 g/mol. The van der Waals surface area contributed by atoms with Crippen LogP contribution in [0.5, 0.6) is 0 Å². The number of amides is 1. The summed E-state index contributed by atoms with van der Waals surface area (Å²) in [6.07, 6.45) is 0.832. The van der Waals surface area contributed by atoms with Crippen LogP contribution in [-0.2, 0) is 14.3 Å². The van der Waals surface area contributed by atoms with Crippen molar-refractivity contribution in [3.63, 3.8) is 0 Å². The Hall–Kier alpha value is -2.37. The first kappa shape index (κ1) is 16.7. The summed E-state index contributed by atoms with van der Waals surface area (Å²) in [7, 11) is 1.28. The van der Waals surface area contributed by atoms with Gasteiger partial charge in [-0.3, -0.25) is 9.59 Å². The molecule has 0 saturated heterocycles. The number of hydrogen-bond donors (Lipinski definition) is 1. The Kier molecular flexibility index (Phi) is 6.39. The molecule has 0 spiro atoms. The van der Waals surface area contributed by atoms with Gasteiger partial charge in [-0.05, 0) is 24.6 Å². The molecule has 1 amide bonds. The van der Waals surface area contributed by atoms with Crippen LogP contribution >= 0.6 is 0 Å². The van der Waals surface area contributed by atoms with Gasteiger partial charge in [0.1, 0.15) is 0 Å². The highest BCUT2D eigenvalue weighted by molar-refractivity contribution is 5.96. The lowest BCUT2D eigenvalue weighted by Crippen LogP contribution is -2.32. The van der Waals surface area contributed by atoms with E-state index in [0.717, 1.165) is 0 Å². The van der Waals surface area contributed by atoms with Crippen molar-refractivity contribution in [2.24, 2.45) is 0 Å². The molecule has 114 valence electrons. The van der Waals surface area contributed by atoms with E-state index in [2.05, 4.69) is 4.74 Å². The van der Waals surface area contributed by atoms with Crippen LogP contribution in [0.4, 0.5) is 5.69 Å². The molecular weight excluding hydrogens is 274 g/mol. The van der Waals surface area contributed by atoms with Gasteiger partial charge in [0.25, 0.3) is 0 Å². The first-order chi connectivity index (χ1) is 9.99. The maximum atomic E-state index is 12.1. The van der Waals surface area contributed by atoms with E-state index in [1.54, 1.807) is 18.2 Å². The second-order valence-corrected chi connectivity index (χ2v) is 4.48. The average Bonchev–Trinajstić information content (AvgIpc) is 2.47. The van der Waals surface area contributed by atoms with Gasteiger partial charge in [0.15, 0.2) is 0 Å². The minimum absolute atomic E-state index is 0.0682. The van der Waals surface area contributed by atoms with Crippen molar-refractivity contribution < 1.29 is 24.2 Å². The highest BCUT2D eigenvalue weighted by Crippen LogP contribution is 2.19. The lowest BCUT2D eigenvalue weighted by atomic mass is 10.1. The van der Waals surface area contributed by atoms with Gasteiger partial charge in [0.05, 0.1) is 19.1 Å². The van der Waals surface area contributed by atoms with Crippen LogP contribution in [0, 0.1) is 0 Å². The van der Waals surface area contributed by atoms with E-state index in [4.69, 9.17) is 5.11 Å². The molecule has 1 rings (SSSR count). The molecule has 1 aromatic carbocycles. The summed E-state index contributed by atoms with van der Waals surface area (Å²) >= 11 is 0. The van der Waals surface area contributed by atoms with Crippen LogP contribution in [-0.4, -0.2) is 36.6 Å². The van der Waals surface area contributed by atoms with Gasteiger partial charge >= 0.3 is 11.9 Å². The summed E-state index contributed by atoms with van der Waals surface area (Å²) < 4.78 is 4.64. The normalized spacial score (nSPS) is 10.0. The van der Waals surface area contributed by atoms with Crippen LogP contribution in [0.1, 0.15) is 36.5 Å². The fourth-order valence-corrected chi connectivity index (χ4v) is 1.87. The van der Waals surface area contributed by atoms with Gasteiger partial charge in [-0.1, -0.05) is 13.0 Å². The Labute approximate surface area is 123 Å². The van der Waals surface area contributed by atoms with Crippen molar-refractivity contribution in [1.82, 2.24) is 0 Å². The second-order valence-electron chi connectivity index (χ2n) is 4.48. The molecule has 0 fully saturated rings. The molecule has 0 aliphatic heterocycles. The van der Waals surface area contributed by atoms with Crippen molar-refractivity contribution in [3.05, 3.63) is 29.8 Å². The minimum atomic E-state index is -0.978. The van der Waals surface area contributed by atoms with Crippen LogP contribution in [0.3, 0.4) is 0 Å². The third-order valence-electron chi connectivity index (χ3n) is 2.89. The fourth-order valence-electron chi connectivity index (χ4n) is 1.87. The number of carboxylic acids is 1. The Balaban J connectivity index is 3.03. The van der Waals surface area contributed by atoms with Gasteiger partial charge in [0, 0.05) is 18.7 Å². The molecule has 0 heterocycles. The summed E-state index contributed by atoms with van der Waals surface area (Å²) in [5.74, 6) is -1.65. The van der Waals surface area contributed by atoms with Crippen LogP contribution < -0.4 is 4.90 Å². The third kappa shape index (κ3) is 4.91. The number of anilines is 1. The zero-order valence-electron chi connectivity index (χ0n) is 12.2. The molecule has 1 N–H and O–H groups in total. The number of carboxylic acid groups (broad SMARTS) is 1. The first-order valence-electron chi connectivity index (χ1n) is 6.70. The summed E-state index contributed by atoms with van der Waals surface area (Å²) in [6.45, 7) is 1.94. The molecule has 0 unspecified atom stereocenters. The summed E-state index contributed by atoms with van der Waals surface area (Å²) in [6, 6.07) is 6.41. The number of ether oxygens (including phenoxy) is 1. The SMILES string of the molecule is CCCC(=O)N(CCC(=O)O)c1cccc(C(=O)OC)c1. The maximum absolute atomic E-state index is 12.1. The highest BCUT2D eigenvalue weighted by Gasteiger charge is 2.17. The molecular formula is C15H19NO5. The lowest BCUT2D eigenvalue weighted by molar-refractivity contribution is -0.136. The third-order valence-corrected chi connectivity index (χ3v) is 2.89. The molecule has 21 heavy (non-hydrogen) atoms. The number of hydrogen-bond acceptors (Lipinski definition) is 4. The standard InChI is InChI=1S/C15H19NO5/c1-3-5-13(17)16(9-8-14(18)19)12-7-4-6-11(10-12)15(20)21-2/h4,6-7,10H,3,5,8-9H2,1-2H3,(H,18,19). The van der Waals surface area contributed by atoms with Crippen LogP contribution in [0.15, 0.2) is 24.3 Å². The maximum Gasteiger partial charge on any atom is 0.337 e. The van der Waals surface area contributed by atoms with Crippen molar-refractivity contribution in [2.45, 2.75) is 26.2 Å². The number of esters is 1. The number of carbonyl (C=O) groups excluding carboxylic acids is 2. The summed E-state index contributed by atoms with van der Waals surface area (Å²) in [5, 5.41) is 8.79. The molecule has 0 aromatic heterocycles. The molecule has 0 aliphatic carbocycles.